The average Bonchev–Trinajstić information content (AvgIpc) is 3.57. The third kappa shape index (κ3) is 3.24. The summed E-state index contributed by atoms with van der Waals surface area (Å²) in [5.41, 5.74) is 11.3. The molecule has 7 nitrogen and oxygen atoms in total. The Bertz CT molecular complexity index is 1140. The van der Waals surface area contributed by atoms with Gasteiger partial charge in [-0.1, -0.05) is 48.5 Å². The van der Waals surface area contributed by atoms with Crippen LogP contribution in [0.1, 0.15) is 47.6 Å². The van der Waals surface area contributed by atoms with E-state index in [4.69, 9.17) is 5.73 Å². The number of fused-ring (bicyclic) bond motifs is 4. The van der Waals surface area contributed by atoms with E-state index in [-0.39, 0.29) is 36.0 Å². The van der Waals surface area contributed by atoms with Crippen molar-refractivity contribution in [2.45, 2.75) is 55.9 Å². The molecule has 3 fully saturated rings. The number of likely N-dealkylation sites (tertiary alicyclic amines) is 3. The van der Waals surface area contributed by atoms with Gasteiger partial charge in [0.2, 0.25) is 11.8 Å². The van der Waals surface area contributed by atoms with Crippen LogP contribution in [0.4, 0.5) is 0 Å². The Balaban J connectivity index is 1.22. The molecule has 174 valence electrons. The zero-order valence-electron chi connectivity index (χ0n) is 19.1. The molecule has 6 rings (SSSR count). The van der Waals surface area contributed by atoms with E-state index in [2.05, 4.69) is 64.4 Å². The third-order valence-electron chi connectivity index (χ3n) is 8.11. The minimum absolute atomic E-state index is 0.0675. The van der Waals surface area contributed by atoms with Crippen molar-refractivity contribution in [1.82, 2.24) is 14.7 Å². The molecule has 2 bridgehead atoms. The van der Waals surface area contributed by atoms with Crippen molar-refractivity contribution >= 4 is 11.8 Å². The molecule has 2 N–H and O–H groups in total. The van der Waals surface area contributed by atoms with Crippen molar-refractivity contribution in [2.75, 3.05) is 19.6 Å². The van der Waals surface area contributed by atoms with E-state index in [1.807, 2.05) is 0 Å². The van der Waals surface area contributed by atoms with Gasteiger partial charge in [0.15, 0.2) is 0 Å². The van der Waals surface area contributed by atoms with Crippen LogP contribution in [-0.4, -0.2) is 70.3 Å². The maximum Gasteiger partial charge on any atom is 0.241 e. The van der Waals surface area contributed by atoms with Crippen molar-refractivity contribution in [3.8, 4) is 6.07 Å². The van der Waals surface area contributed by atoms with E-state index in [0.29, 0.717) is 19.5 Å². The first-order valence-corrected chi connectivity index (χ1v) is 12.2. The second-order valence-corrected chi connectivity index (χ2v) is 10.0. The molecular weight excluding hydrogens is 426 g/mol. The number of benzene rings is 2. The number of amides is 2. The summed E-state index contributed by atoms with van der Waals surface area (Å²) in [6, 6.07) is 17.8. The van der Waals surface area contributed by atoms with Crippen LogP contribution in [0.3, 0.4) is 0 Å². The van der Waals surface area contributed by atoms with E-state index in [0.717, 1.165) is 25.8 Å². The molecule has 7 heteroatoms. The van der Waals surface area contributed by atoms with Crippen LogP contribution >= 0.6 is 0 Å². The van der Waals surface area contributed by atoms with Crippen LogP contribution in [0.25, 0.3) is 0 Å². The summed E-state index contributed by atoms with van der Waals surface area (Å²) < 4.78 is 0. The second kappa shape index (κ2) is 8.23. The summed E-state index contributed by atoms with van der Waals surface area (Å²) >= 11 is 0. The number of nitrogens with two attached hydrogens (primary N) is 1. The molecular formula is C27H29N5O2. The highest BCUT2D eigenvalue weighted by molar-refractivity contribution is 5.87. The molecule has 0 saturated carbocycles. The molecule has 34 heavy (non-hydrogen) atoms. The molecule has 2 aromatic carbocycles. The number of rotatable bonds is 4. The largest absolute Gasteiger partial charge is 0.326 e. The SMILES string of the molecule is N#C[C@@H]1CCCN1C(=O)[C@@H](N)CN1CC2C[C@@H]1C(=O)N2C1c2ccccc2Cc2ccccc21. The number of carbonyl (C=O) groups is 2. The lowest BCUT2D eigenvalue weighted by molar-refractivity contribution is -0.140. The van der Waals surface area contributed by atoms with Crippen molar-refractivity contribution < 1.29 is 9.59 Å². The third-order valence-corrected chi connectivity index (χ3v) is 8.11. The first-order valence-electron chi connectivity index (χ1n) is 12.2. The molecule has 0 radical (unpaired) electrons. The van der Waals surface area contributed by atoms with Gasteiger partial charge in [-0.3, -0.25) is 14.5 Å². The van der Waals surface area contributed by atoms with E-state index >= 15 is 0 Å². The second-order valence-electron chi connectivity index (χ2n) is 10.0. The monoisotopic (exact) mass is 455 g/mol. The molecule has 1 aliphatic carbocycles. The number of piperazine rings is 1. The summed E-state index contributed by atoms with van der Waals surface area (Å²) in [4.78, 5) is 32.4. The first-order chi connectivity index (χ1) is 16.6. The van der Waals surface area contributed by atoms with Gasteiger partial charge in [-0.25, -0.2) is 0 Å². The molecule has 0 aromatic heterocycles. The Labute approximate surface area is 199 Å². The first kappa shape index (κ1) is 21.3. The minimum atomic E-state index is -0.717. The standard InChI is InChI=1S/C27H29N5O2/c28-14-19-8-5-11-31(19)26(33)23(29)16-30-15-20-13-24(30)27(34)32(20)25-21-9-3-1-6-17(21)12-18-7-2-4-10-22(18)25/h1-4,6-7,9-10,19-20,23-25H,5,8,11-13,15-16,29H2/t19-,20?,23-,24+/m0/s1. The van der Waals surface area contributed by atoms with Gasteiger partial charge in [0, 0.05) is 25.7 Å². The van der Waals surface area contributed by atoms with Gasteiger partial charge in [0.1, 0.15) is 6.04 Å². The maximum absolute atomic E-state index is 13.7. The van der Waals surface area contributed by atoms with Gasteiger partial charge in [-0.15, -0.1) is 0 Å². The van der Waals surface area contributed by atoms with Gasteiger partial charge < -0.3 is 15.5 Å². The van der Waals surface area contributed by atoms with Crippen LogP contribution in [0.5, 0.6) is 0 Å². The number of carbonyl (C=O) groups excluding carboxylic acids is 2. The van der Waals surface area contributed by atoms with E-state index in [1.165, 1.54) is 22.3 Å². The fourth-order valence-corrected chi connectivity index (χ4v) is 6.53. The molecule has 3 saturated heterocycles. The lowest BCUT2D eigenvalue weighted by Gasteiger charge is -2.42. The Morgan fingerprint density at radius 3 is 2.44 bits per heavy atom. The highest BCUT2D eigenvalue weighted by atomic mass is 16.2. The molecule has 3 aliphatic heterocycles. The van der Waals surface area contributed by atoms with Crippen LogP contribution in [0.2, 0.25) is 0 Å². The Morgan fingerprint density at radius 2 is 1.79 bits per heavy atom. The van der Waals surface area contributed by atoms with Crippen LogP contribution in [0, 0.1) is 11.3 Å². The van der Waals surface area contributed by atoms with Gasteiger partial charge in [0.05, 0.1) is 24.2 Å². The summed E-state index contributed by atoms with van der Waals surface area (Å²) in [7, 11) is 0. The molecule has 4 aliphatic rings. The van der Waals surface area contributed by atoms with Crippen molar-refractivity contribution in [3.63, 3.8) is 0 Å². The highest BCUT2D eigenvalue weighted by Crippen LogP contribution is 2.45. The van der Waals surface area contributed by atoms with Crippen molar-refractivity contribution in [1.29, 1.82) is 5.26 Å². The van der Waals surface area contributed by atoms with Crippen molar-refractivity contribution in [3.05, 3.63) is 70.8 Å². The smallest absolute Gasteiger partial charge is 0.241 e. The number of nitrogens with zero attached hydrogens (tertiary/aromatic N) is 4. The van der Waals surface area contributed by atoms with Crippen LogP contribution < -0.4 is 5.73 Å². The normalized spacial score (nSPS) is 26.9. The van der Waals surface area contributed by atoms with E-state index < -0.39 is 6.04 Å². The summed E-state index contributed by atoms with van der Waals surface area (Å²) in [6.07, 6.45) is 3.21. The lowest BCUT2D eigenvalue weighted by Crippen LogP contribution is -2.57. The Kier molecular flexibility index (Phi) is 5.16. The summed E-state index contributed by atoms with van der Waals surface area (Å²) in [6.45, 7) is 1.66. The quantitative estimate of drug-likeness (QED) is 0.759. The highest BCUT2D eigenvalue weighted by Gasteiger charge is 2.53. The lowest BCUT2D eigenvalue weighted by atomic mass is 9.81. The fraction of sp³-hybridized carbons (Fsp3) is 0.444. The Morgan fingerprint density at radius 1 is 1.12 bits per heavy atom. The minimum Gasteiger partial charge on any atom is -0.326 e. The van der Waals surface area contributed by atoms with Gasteiger partial charge >= 0.3 is 0 Å². The number of hydrogen-bond acceptors (Lipinski definition) is 5. The maximum atomic E-state index is 13.7. The van der Waals surface area contributed by atoms with Crippen LogP contribution in [0.15, 0.2) is 48.5 Å². The molecule has 2 aromatic rings. The zero-order valence-corrected chi connectivity index (χ0v) is 19.1. The predicted molar refractivity (Wildman–Crippen MR) is 126 cm³/mol. The molecule has 0 spiro atoms. The molecule has 1 unspecified atom stereocenters. The summed E-state index contributed by atoms with van der Waals surface area (Å²) in [5, 5.41) is 9.32. The topological polar surface area (TPSA) is 93.7 Å². The zero-order chi connectivity index (χ0) is 23.4. The molecule has 2 amide bonds. The molecule has 3 heterocycles. The van der Waals surface area contributed by atoms with Crippen LogP contribution in [-0.2, 0) is 16.0 Å². The molecule has 4 atom stereocenters. The van der Waals surface area contributed by atoms with Crippen molar-refractivity contribution in [2.24, 2.45) is 5.73 Å². The van der Waals surface area contributed by atoms with Gasteiger partial charge in [0.25, 0.3) is 0 Å². The van der Waals surface area contributed by atoms with Gasteiger partial charge in [-0.2, -0.15) is 5.26 Å². The van der Waals surface area contributed by atoms with Gasteiger partial charge in [-0.05, 0) is 47.9 Å². The number of nitriles is 1. The Hall–Kier alpha value is -3.21. The van der Waals surface area contributed by atoms with E-state index in [1.54, 1.807) is 4.90 Å². The predicted octanol–water partition coefficient (Wildman–Crippen LogP) is 1.81. The number of hydrogen-bond donors (Lipinski definition) is 1. The van der Waals surface area contributed by atoms with E-state index in [9.17, 15) is 14.9 Å². The summed E-state index contributed by atoms with van der Waals surface area (Å²) in [5.74, 6) is -0.0465. The fourth-order valence-electron chi connectivity index (χ4n) is 6.53. The average molecular weight is 456 g/mol.